The average molecular weight is 277 g/mol. The van der Waals surface area contributed by atoms with Crippen LogP contribution in [0.3, 0.4) is 0 Å². The Bertz CT molecular complexity index is 393. The summed E-state index contributed by atoms with van der Waals surface area (Å²) in [4.78, 5) is 3.30. The molecular weight excluding hydrogens is 250 g/mol. The Kier molecular flexibility index (Phi) is 4.28. The highest BCUT2D eigenvalue weighted by atomic mass is 32.1. The van der Waals surface area contributed by atoms with Gasteiger partial charge in [0.2, 0.25) is 0 Å². The summed E-state index contributed by atoms with van der Waals surface area (Å²) in [6.07, 6.45) is 11.2. The van der Waals surface area contributed by atoms with Gasteiger partial charge in [-0.1, -0.05) is 26.2 Å². The average Bonchev–Trinajstić information content (AvgIpc) is 3.02. The molecule has 2 aliphatic rings. The summed E-state index contributed by atoms with van der Waals surface area (Å²) < 4.78 is 0. The van der Waals surface area contributed by atoms with Crippen molar-refractivity contribution in [2.45, 2.75) is 64.3 Å². The fourth-order valence-corrected chi connectivity index (χ4v) is 5.51. The predicted molar refractivity (Wildman–Crippen MR) is 83.9 cm³/mol. The summed E-state index contributed by atoms with van der Waals surface area (Å²) in [6, 6.07) is 3.13. The Morgan fingerprint density at radius 2 is 2.05 bits per heavy atom. The van der Waals surface area contributed by atoms with Crippen molar-refractivity contribution in [2.75, 3.05) is 7.05 Å². The van der Waals surface area contributed by atoms with Crippen molar-refractivity contribution in [3.63, 3.8) is 0 Å². The van der Waals surface area contributed by atoms with E-state index < -0.39 is 0 Å². The molecule has 106 valence electrons. The summed E-state index contributed by atoms with van der Waals surface area (Å²) in [5.41, 5.74) is 1.66. The van der Waals surface area contributed by atoms with E-state index in [9.17, 15) is 0 Å². The second-order valence-corrected chi connectivity index (χ2v) is 7.57. The van der Waals surface area contributed by atoms with Gasteiger partial charge in [-0.2, -0.15) is 0 Å². The van der Waals surface area contributed by atoms with E-state index in [1.54, 1.807) is 15.3 Å². The number of hydrogen-bond acceptors (Lipinski definition) is 2. The first-order valence-corrected chi connectivity index (χ1v) is 8.92. The summed E-state index contributed by atoms with van der Waals surface area (Å²) in [7, 11) is 2.15. The van der Waals surface area contributed by atoms with E-state index in [1.807, 2.05) is 0 Å². The molecule has 1 aromatic rings. The van der Waals surface area contributed by atoms with Crippen LogP contribution in [0.1, 0.15) is 66.8 Å². The van der Waals surface area contributed by atoms with Crippen LogP contribution in [0.2, 0.25) is 0 Å². The van der Waals surface area contributed by atoms with Crippen LogP contribution in [-0.4, -0.2) is 7.05 Å². The lowest BCUT2D eigenvalue weighted by Crippen LogP contribution is -2.28. The minimum atomic E-state index is 0.619. The van der Waals surface area contributed by atoms with E-state index in [2.05, 4.69) is 36.7 Å². The molecule has 0 bridgehead atoms. The largest absolute Gasteiger partial charge is 0.312 e. The van der Waals surface area contributed by atoms with Gasteiger partial charge in [-0.15, -0.1) is 11.3 Å². The maximum absolute atomic E-state index is 3.62. The molecule has 3 rings (SSSR count). The molecule has 0 spiro atoms. The van der Waals surface area contributed by atoms with Crippen molar-refractivity contribution in [2.24, 2.45) is 11.8 Å². The monoisotopic (exact) mass is 277 g/mol. The first-order valence-electron chi connectivity index (χ1n) is 8.10. The van der Waals surface area contributed by atoms with Gasteiger partial charge in [0.15, 0.2) is 0 Å². The quantitative estimate of drug-likeness (QED) is 0.840. The van der Waals surface area contributed by atoms with Gasteiger partial charge >= 0.3 is 0 Å². The van der Waals surface area contributed by atoms with Gasteiger partial charge in [0.25, 0.3) is 0 Å². The van der Waals surface area contributed by atoms with Crippen molar-refractivity contribution in [1.29, 1.82) is 0 Å². The Balaban J connectivity index is 1.70. The van der Waals surface area contributed by atoms with Crippen LogP contribution in [0.15, 0.2) is 6.07 Å². The summed E-state index contributed by atoms with van der Waals surface area (Å²) in [5.74, 6) is 1.87. The van der Waals surface area contributed by atoms with Crippen molar-refractivity contribution in [3.8, 4) is 0 Å². The second kappa shape index (κ2) is 5.97. The minimum Gasteiger partial charge on any atom is -0.312 e. The molecule has 0 amide bonds. The van der Waals surface area contributed by atoms with Gasteiger partial charge in [0.1, 0.15) is 0 Å². The van der Waals surface area contributed by atoms with Gasteiger partial charge in [0.05, 0.1) is 0 Å². The normalized spacial score (nSPS) is 28.3. The molecule has 1 saturated carbocycles. The van der Waals surface area contributed by atoms with Crippen molar-refractivity contribution >= 4 is 11.3 Å². The molecule has 1 fully saturated rings. The van der Waals surface area contributed by atoms with Crippen LogP contribution in [0, 0.1) is 11.8 Å². The van der Waals surface area contributed by atoms with Gasteiger partial charge in [-0.25, -0.2) is 0 Å². The third kappa shape index (κ3) is 2.75. The lowest BCUT2D eigenvalue weighted by molar-refractivity contribution is 0.226. The molecule has 1 atom stereocenters. The maximum atomic E-state index is 3.62. The van der Waals surface area contributed by atoms with E-state index in [0.717, 1.165) is 11.8 Å². The van der Waals surface area contributed by atoms with Gasteiger partial charge in [0, 0.05) is 15.8 Å². The molecule has 1 heterocycles. The maximum Gasteiger partial charge on any atom is 0.0441 e. The van der Waals surface area contributed by atoms with Crippen molar-refractivity contribution in [1.82, 2.24) is 5.32 Å². The highest BCUT2D eigenvalue weighted by molar-refractivity contribution is 7.12. The fraction of sp³-hybridized carbons (Fsp3) is 0.765. The molecule has 1 N–H and O–H groups in total. The SMILES string of the molecule is CCC1CCC(C(NC)c2cc3c(s2)CCC3)CC1. The number of thiophene rings is 1. The number of hydrogen-bond donors (Lipinski definition) is 1. The van der Waals surface area contributed by atoms with Crippen molar-refractivity contribution in [3.05, 3.63) is 21.4 Å². The number of nitrogens with one attached hydrogen (secondary N) is 1. The van der Waals surface area contributed by atoms with E-state index in [-0.39, 0.29) is 0 Å². The zero-order valence-corrected chi connectivity index (χ0v) is 13.2. The molecule has 2 heteroatoms. The Morgan fingerprint density at radius 3 is 2.68 bits per heavy atom. The summed E-state index contributed by atoms with van der Waals surface area (Å²) >= 11 is 2.09. The topological polar surface area (TPSA) is 12.0 Å². The number of fused-ring (bicyclic) bond motifs is 1. The van der Waals surface area contributed by atoms with E-state index >= 15 is 0 Å². The zero-order valence-electron chi connectivity index (χ0n) is 12.4. The van der Waals surface area contributed by atoms with Crippen LogP contribution < -0.4 is 5.32 Å². The number of rotatable bonds is 4. The standard InChI is InChI=1S/C17H27NS/c1-3-12-7-9-13(10-8-12)17(18-2)16-11-14-5-4-6-15(14)19-16/h11-13,17-18H,3-10H2,1-2H3. The molecule has 1 aromatic heterocycles. The highest BCUT2D eigenvalue weighted by Gasteiger charge is 2.29. The van der Waals surface area contributed by atoms with Crippen LogP contribution in [-0.2, 0) is 12.8 Å². The fourth-order valence-electron chi connectivity index (χ4n) is 4.05. The van der Waals surface area contributed by atoms with Crippen LogP contribution in [0.25, 0.3) is 0 Å². The molecule has 0 saturated heterocycles. The molecule has 0 aromatic carbocycles. The summed E-state index contributed by atoms with van der Waals surface area (Å²) in [6.45, 7) is 2.35. The van der Waals surface area contributed by atoms with E-state index in [0.29, 0.717) is 6.04 Å². The molecule has 1 unspecified atom stereocenters. The zero-order chi connectivity index (χ0) is 13.2. The lowest BCUT2D eigenvalue weighted by atomic mass is 9.77. The predicted octanol–water partition coefficient (Wildman–Crippen LogP) is 4.71. The highest BCUT2D eigenvalue weighted by Crippen LogP contribution is 2.41. The molecule has 0 radical (unpaired) electrons. The van der Waals surface area contributed by atoms with Gasteiger partial charge in [-0.05, 0) is 62.6 Å². The van der Waals surface area contributed by atoms with Crippen molar-refractivity contribution < 1.29 is 0 Å². The smallest absolute Gasteiger partial charge is 0.0441 e. The molecule has 0 aliphatic heterocycles. The number of aryl methyl sites for hydroxylation is 2. The summed E-state index contributed by atoms with van der Waals surface area (Å²) in [5, 5.41) is 3.62. The lowest BCUT2D eigenvalue weighted by Gasteiger charge is -2.33. The van der Waals surface area contributed by atoms with Gasteiger partial charge in [-0.3, -0.25) is 0 Å². The van der Waals surface area contributed by atoms with Crippen LogP contribution >= 0.6 is 11.3 Å². The third-order valence-corrected chi connectivity index (χ3v) is 6.64. The second-order valence-electron chi connectivity index (χ2n) is 6.41. The van der Waals surface area contributed by atoms with Gasteiger partial charge < -0.3 is 5.32 Å². The molecule has 2 aliphatic carbocycles. The molecule has 1 nitrogen and oxygen atoms in total. The first kappa shape index (κ1) is 13.6. The molecular formula is C17H27NS. The minimum absolute atomic E-state index is 0.619. The third-order valence-electron chi connectivity index (χ3n) is 5.32. The molecule has 19 heavy (non-hydrogen) atoms. The Hall–Kier alpha value is -0.340. The van der Waals surface area contributed by atoms with E-state index in [1.165, 1.54) is 51.4 Å². The van der Waals surface area contributed by atoms with Crippen LogP contribution in [0.4, 0.5) is 0 Å². The first-order chi connectivity index (χ1) is 9.31. The van der Waals surface area contributed by atoms with Crippen LogP contribution in [0.5, 0.6) is 0 Å². The van der Waals surface area contributed by atoms with E-state index in [4.69, 9.17) is 0 Å². The Labute approximate surface area is 121 Å². The Morgan fingerprint density at radius 1 is 1.26 bits per heavy atom.